The Morgan fingerprint density at radius 3 is 2.50 bits per heavy atom. The third-order valence-electron chi connectivity index (χ3n) is 10.8. The molecule has 0 amide bonds. The van der Waals surface area contributed by atoms with Crippen LogP contribution in [0.5, 0.6) is 0 Å². The molecule has 4 rings (SSSR count). The van der Waals surface area contributed by atoms with E-state index in [0.29, 0.717) is 41.9 Å². The van der Waals surface area contributed by atoms with Gasteiger partial charge in [0.1, 0.15) is 6.10 Å². The van der Waals surface area contributed by atoms with Gasteiger partial charge in [-0.25, -0.2) is 0 Å². The van der Waals surface area contributed by atoms with Crippen LogP contribution in [0.1, 0.15) is 91.9 Å². The zero-order valence-corrected chi connectivity index (χ0v) is 20.8. The van der Waals surface area contributed by atoms with Gasteiger partial charge in [0.2, 0.25) is 0 Å². The van der Waals surface area contributed by atoms with Gasteiger partial charge in [-0.2, -0.15) is 0 Å². The summed E-state index contributed by atoms with van der Waals surface area (Å²) in [5.74, 6) is 3.02. The van der Waals surface area contributed by atoms with Gasteiger partial charge in [0.25, 0.3) is 0 Å². The summed E-state index contributed by atoms with van der Waals surface area (Å²) in [6.45, 7) is 8.62. The Balaban J connectivity index is 1.50. The van der Waals surface area contributed by atoms with Crippen molar-refractivity contribution in [3.63, 3.8) is 0 Å². The van der Waals surface area contributed by atoms with E-state index in [1.54, 1.807) is 0 Å². The van der Waals surface area contributed by atoms with Crippen molar-refractivity contribution >= 4 is 11.9 Å². The van der Waals surface area contributed by atoms with E-state index < -0.39 is 0 Å². The summed E-state index contributed by atoms with van der Waals surface area (Å²) in [5.41, 5.74) is 0.200. The van der Waals surface area contributed by atoms with Crippen molar-refractivity contribution in [3.8, 4) is 0 Å². The highest BCUT2D eigenvalue weighted by atomic mass is 16.5. The Labute approximate surface area is 194 Å². The first-order valence-electron chi connectivity index (χ1n) is 13.0. The Morgan fingerprint density at radius 1 is 1.06 bits per heavy atom. The molecule has 5 heteroatoms. The molecule has 5 nitrogen and oxygen atoms in total. The second kappa shape index (κ2) is 8.92. The molecule has 0 saturated heterocycles. The van der Waals surface area contributed by atoms with Crippen molar-refractivity contribution in [1.82, 2.24) is 0 Å². The van der Waals surface area contributed by atoms with Crippen LogP contribution in [0, 0.1) is 46.3 Å². The van der Waals surface area contributed by atoms with E-state index in [0.717, 1.165) is 32.1 Å². The first kappa shape index (κ1) is 24.0. The number of aliphatic hydroxyl groups is 1. The molecule has 0 aromatic carbocycles. The number of methoxy groups -OCH3 is 1. The van der Waals surface area contributed by atoms with Gasteiger partial charge < -0.3 is 14.6 Å². The number of carbonyl (C=O) groups is 2. The molecule has 0 aromatic heterocycles. The molecule has 0 heterocycles. The molecule has 4 aliphatic carbocycles. The molecule has 0 bridgehead atoms. The Hall–Kier alpha value is -1.10. The zero-order valence-electron chi connectivity index (χ0n) is 20.8. The van der Waals surface area contributed by atoms with Crippen molar-refractivity contribution in [2.75, 3.05) is 7.11 Å². The van der Waals surface area contributed by atoms with E-state index in [9.17, 15) is 14.7 Å². The monoisotopic (exact) mass is 448 g/mol. The van der Waals surface area contributed by atoms with Crippen LogP contribution in [0.4, 0.5) is 0 Å². The normalized spacial score (nSPS) is 46.4. The van der Waals surface area contributed by atoms with Crippen LogP contribution >= 0.6 is 0 Å². The number of hydrogen-bond acceptors (Lipinski definition) is 5. The van der Waals surface area contributed by atoms with E-state index in [-0.39, 0.29) is 35.0 Å². The van der Waals surface area contributed by atoms with Crippen LogP contribution in [0.15, 0.2) is 0 Å². The molecule has 32 heavy (non-hydrogen) atoms. The lowest BCUT2D eigenvalue weighted by Crippen LogP contribution is -2.59. The van der Waals surface area contributed by atoms with Crippen LogP contribution < -0.4 is 0 Å². The number of ether oxygens (including phenoxy) is 2. The van der Waals surface area contributed by atoms with Gasteiger partial charge in [0.05, 0.1) is 13.2 Å². The van der Waals surface area contributed by atoms with Crippen molar-refractivity contribution in [3.05, 3.63) is 0 Å². The summed E-state index contributed by atoms with van der Waals surface area (Å²) in [7, 11) is 1.46. The third kappa shape index (κ3) is 3.91. The molecule has 1 N–H and O–H groups in total. The zero-order chi connectivity index (χ0) is 23.3. The van der Waals surface area contributed by atoms with Crippen molar-refractivity contribution in [1.29, 1.82) is 0 Å². The van der Waals surface area contributed by atoms with Crippen LogP contribution in [0.25, 0.3) is 0 Å². The van der Waals surface area contributed by atoms with Crippen LogP contribution in [-0.4, -0.2) is 36.4 Å². The molecule has 0 aromatic rings. The fourth-order valence-corrected chi connectivity index (χ4v) is 9.13. The molecular weight excluding hydrogens is 404 g/mol. The lowest BCUT2D eigenvalue weighted by molar-refractivity contribution is -0.181. The highest BCUT2D eigenvalue weighted by Gasteiger charge is 2.63. The van der Waals surface area contributed by atoms with Gasteiger partial charge in [0, 0.05) is 13.3 Å². The predicted molar refractivity (Wildman–Crippen MR) is 123 cm³/mol. The topological polar surface area (TPSA) is 72.8 Å². The largest absolute Gasteiger partial charge is 0.469 e. The number of hydrogen-bond donors (Lipinski definition) is 1. The van der Waals surface area contributed by atoms with Gasteiger partial charge in [-0.1, -0.05) is 20.8 Å². The summed E-state index contributed by atoms with van der Waals surface area (Å²) >= 11 is 0. The molecule has 10 atom stereocenters. The first-order chi connectivity index (χ1) is 15.1. The molecular formula is C27H44O5. The molecule has 182 valence electrons. The van der Waals surface area contributed by atoms with Crippen LogP contribution in [-0.2, 0) is 19.1 Å². The maximum atomic E-state index is 11.7. The molecule has 0 aliphatic heterocycles. The fourth-order valence-electron chi connectivity index (χ4n) is 9.13. The van der Waals surface area contributed by atoms with Gasteiger partial charge in [-0.05, 0) is 104 Å². The van der Waals surface area contributed by atoms with Crippen molar-refractivity contribution < 1.29 is 24.2 Å². The van der Waals surface area contributed by atoms with Gasteiger partial charge in [0.15, 0.2) is 0 Å². The van der Waals surface area contributed by atoms with Crippen molar-refractivity contribution in [2.45, 2.75) is 104 Å². The highest BCUT2D eigenvalue weighted by Crippen LogP contribution is 2.68. The highest BCUT2D eigenvalue weighted by molar-refractivity contribution is 5.69. The minimum atomic E-state index is -0.274. The van der Waals surface area contributed by atoms with Crippen LogP contribution in [0.3, 0.4) is 0 Å². The first-order valence-corrected chi connectivity index (χ1v) is 13.0. The van der Waals surface area contributed by atoms with Gasteiger partial charge in [-0.3, -0.25) is 9.59 Å². The lowest BCUT2D eigenvalue weighted by Gasteiger charge is -2.62. The maximum Gasteiger partial charge on any atom is 0.305 e. The second-order valence-electron chi connectivity index (χ2n) is 12.1. The molecule has 4 saturated carbocycles. The lowest BCUT2D eigenvalue weighted by atomic mass is 9.43. The Kier molecular flexibility index (Phi) is 6.70. The molecule has 4 fully saturated rings. The minimum absolute atomic E-state index is 0.0468. The summed E-state index contributed by atoms with van der Waals surface area (Å²) < 4.78 is 10.5. The van der Waals surface area contributed by atoms with Crippen LogP contribution in [0.2, 0.25) is 0 Å². The van der Waals surface area contributed by atoms with E-state index >= 15 is 0 Å². The van der Waals surface area contributed by atoms with Crippen molar-refractivity contribution in [2.24, 2.45) is 46.3 Å². The summed E-state index contributed by atoms with van der Waals surface area (Å²) in [5, 5.41) is 11.6. The van der Waals surface area contributed by atoms with Gasteiger partial charge >= 0.3 is 11.9 Å². The molecule has 0 radical (unpaired) electrons. The standard InChI is InChI=1S/C27H44O5/c1-16(6-11-25(30)31-5)21-9-10-22-20-8-7-18-14-19(32-17(2)28)12-13-26(18,3)23(20)15-24(29)27(21,22)4/h16,18-24,29H,6-15H2,1-5H3/t16-,18-,19-,20+,21+,22-,23-,24-,26+,27+/m1/s1. The average Bonchev–Trinajstić information content (AvgIpc) is 3.11. The maximum absolute atomic E-state index is 11.7. The quantitative estimate of drug-likeness (QED) is 0.590. The van der Waals surface area contributed by atoms with E-state index in [1.165, 1.54) is 39.7 Å². The predicted octanol–water partition coefficient (Wildman–Crippen LogP) is 5.14. The van der Waals surface area contributed by atoms with E-state index in [2.05, 4.69) is 20.8 Å². The summed E-state index contributed by atoms with van der Waals surface area (Å²) in [4.78, 5) is 23.2. The summed E-state index contributed by atoms with van der Waals surface area (Å²) in [6.07, 6.45) is 9.92. The molecule has 0 spiro atoms. The molecule has 4 aliphatic rings. The number of rotatable bonds is 5. The summed E-state index contributed by atoms with van der Waals surface area (Å²) in [6, 6.07) is 0. The number of aliphatic hydroxyl groups excluding tert-OH is 1. The minimum Gasteiger partial charge on any atom is -0.469 e. The smallest absolute Gasteiger partial charge is 0.305 e. The van der Waals surface area contributed by atoms with E-state index in [4.69, 9.17) is 9.47 Å². The number of carbonyl (C=O) groups excluding carboxylic acids is 2. The Morgan fingerprint density at radius 2 is 1.81 bits per heavy atom. The second-order valence-corrected chi connectivity index (χ2v) is 12.1. The molecule has 0 unspecified atom stereocenters. The van der Waals surface area contributed by atoms with E-state index in [1.807, 2.05) is 0 Å². The average molecular weight is 449 g/mol. The SMILES string of the molecule is COC(=O)CC[C@@H](C)[C@@H]1CC[C@@H]2[C@@H]3CC[C@@H]4C[C@H](OC(C)=O)CC[C@]4(C)[C@@H]3C[C@@H](O)[C@]21C. The number of fused-ring (bicyclic) bond motifs is 5. The third-order valence-corrected chi connectivity index (χ3v) is 10.8. The van der Waals surface area contributed by atoms with Gasteiger partial charge in [-0.15, -0.1) is 0 Å². The Bertz CT molecular complexity index is 721. The number of esters is 2. The fraction of sp³-hybridized carbons (Fsp3) is 0.926.